The molecule has 0 aliphatic carbocycles. The van der Waals surface area contributed by atoms with Gasteiger partial charge < -0.3 is 14.5 Å². The number of nitrogens with one attached hydrogen (secondary N) is 1. The summed E-state index contributed by atoms with van der Waals surface area (Å²) in [5.41, 5.74) is 4.38. The predicted molar refractivity (Wildman–Crippen MR) is 150 cm³/mol. The maximum absolute atomic E-state index is 14.3. The third-order valence-corrected chi connectivity index (χ3v) is 7.34. The Morgan fingerprint density at radius 2 is 1.53 bits per heavy atom. The van der Waals surface area contributed by atoms with Crippen molar-refractivity contribution < 1.29 is 14.3 Å². The number of aromatic nitrogens is 1. The molecule has 0 amide bonds. The molecular weight excluding hydrogens is 472 g/mol. The van der Waals surface area contributed by atoms with Crippen molar-refractivity contribution in [2.45, 2.75) is 24.8 Å². The van der Waals surface area contributed by atoms with Gasteiger partial charge in [0, 0.05) is 34.1 Å². The van der Waals surface area contributed by atoms with Crippen molar-refractivity contribution in [2.24, 2.45) is 4.99 Å². The van der Waals surface area contributed by atoms with Crippen LogP contribution in [0.4, 0.5) is 0 Å². The van der Waals surface area contributed by atoms with Crippen molar-refractivity contribution in [3.05, 3.63) is 137 Å². The molecule has 38 heavy (non-hydrogen) atoms. The number of carbonyl (C=O) groups is 1. The van der Waals surface area contributed by atoms with Gasteiger partial charge in [-0.2, -0.15) is 0 Å². The van der Waals surface area contributed by atoms with E-state index in [2.05, 4.69) is 24.0 Å². The molecular formula is C33H28N2O3. The molecule has 0 fully saturated rings. The molecule has 0 saturated carbocycles. The molecule has 0 saturated heterocycles. The lowest BCUT2D eigenvalue weighted by atomic mass is 9.71. The number of hydrogen-bond acceptors (Lipinski definition) is 4. The van der Waals surface area contributed by atoms with Gasteiger partial charge in [-0.05, 0) is 42.3 Å². The fourth-order valence-electron chi connectivity index (χ4n) is 5.66. The largest absolute Gasteiger partial charge is 0.496 e. The topological polar surface area (TPSA) is 63.7 Å². The predicted octanol–water partition coefficient (Wildman–Crippen LogP) is 6.60. The Balaban J connectivity index is 1.68. The van der Waals surface area contributed by atoms with Crippen LogP contribution in [0.3, 0.4) is 0 Å². The second-order valence-electron chi connectivity index (χ2n) is 9.64. The molecule has 6 rings (SSSR count). The first-order valence-electron chi connectivity index (χ1n) is 12.7. The van der Waals surface area contributed by atoms with Gasteiger partial charge in [0.2, 0.25) is 5.90 Å². The second kappa shape index (κ2) is 9.67. The number of esters is 1. The smallest absolute Gasteiger partial charge is 0.342 e. The number of H-pyrrole nitrogens is 1. The molecule has 1 aliphatic heterocycles. The van der Waals surface area contributed by atoms with Crippen LogP contribution >= 0.6 is 0 Å². The highest BCUT2D eigenvalue weighted by molar-refractivity contribution is 6.09. The van der Waals surface area contributed by atoms with Crippen LogP contribution in [0, 0.1) is 6.92 Å². The number of cyclic esters (lactones) is 1. The van der Waals surface area contributed by atoms with Crippen molar-refractivity contribution in [3.63, 3.8) is 0 Å². The maximum atomic E-state index is 14.3. The van der Waals surface area contributed by atoms with Crippen molar-refractivity contribution in [3.8, 4) is 5.75 Å². The SMILES string of the molecule is COc1ccccc1[C@H](c1c(C)[nH]c2ccccc12)[C@]1(Cc2ccccc2)N=C(c2ccccc2)OC1=O. The Labute approximate surface area is 221 Å². The number of rotatable bonds is 7. The molecule has 5 heteroatoms. The zero-order valence-corrected chi connectivity index (χ0v) is 21.3. The Bertz CT molecular complexity index is 1640. The number of fused-ring (bicyclic) bond motifs is 1. The van der Waals surface area contributed by atoms with E-state index in [-0.39, 0.29) is 5.97 Å². The summed E-state index contributed by atoms with van der Waals surface area (Å²) in [7, 11) is 1.66. The van der Waals surface area contributed by atoms with Crippen molar-refractivity contribution in [1.82, 2.24) is 4.98 Å². The Kier molecular flexibility index (Phi) is 6.04. The van der Waals surface area contributed by atoms with Crippen molar-refractivity contribution in [1.29, 1.82) is 0 Å². The summed E-state index contributed by atoms with van der Waals surface area (Å²) in [5, 5.41) is 1.05. The average Bonchev–Trinajstić information content (AvgIpc) is 3.46. The normalized spacial score (nSPS) is 17.7. The van der Waals surface area contributed by atoms with E-state index in [0.717, 1.165) is 38.9 Å². The van der Waals surface area contributed by atoms with Gasteiger partial charge in [-0.25, -0.2) is 9.79 Å². The summed E-state index contributed by atoms with van der Waals surface area (Å²) < 4.78 is 11.9. The number of carbonyl (C=O) groups excluding carboxylic acids is 1. The molecule has 5 nitrogen and oxygen atoms in total. The Morgan fingerprint density at radius 3 is 2.29 bits per heavy atom. The van der Waals surface area contributed by atoms with Gasteiger partial charge in [-0.15, -0.1) is 0 Å². The number of hydrogen-bond donors (Lipinski definition) is 1. The molecule has 2 heterocycles. The van der Waals surface area contributed by atoms with Crippen molar-refractivity contribution >= 4 is 22.8 Å². The molecule has 0 radical (unpaired) electrons. The average molecular weight is 501 g/mol. The minimum absolute atomic E-state index is 0.337. The highest BCUT2D eigenvalue weighted by Crippen LogP contribution is 2.49. The van der Waals surface area contributed by atoms with E-state index in [1.165, 1.54) is 0 Å². The fraction of sp³-hybridized carbons (Fsp3) is 0.152. The number of benzene rings is 4. The summed E-state index contributed by atoms with van der Waals surface area (Å²) in [6.07, 6.45) is 0.366. The second-order valence-corrected chi connectivity index (χ2v) is 9.64. The summed E-state index contributed by atoms with van der Waals surface area (Å²) in [6, 6.07) is 35.7. The maximum Gasteiger partial charge on any atom is 0.342 e. The number of nitrogens with zero attached hydrogens (tertiary/aromatic N) is 1. The van der Waals surface area contributed by atoms with Gasteiger partial charge in [-0.3, -0.25) is 0 Å². The molecule has 0 spiro atoms. The molecule has 2 atom stereocenters. The molecule has 4 aromatic carbocycles. The van der Waals surface area contributed by atoms with Crippen LogP contribution in [0.2, 0.25) is 0 Å². The summed E-state index contributed by atoms with van der Waals surface area (Å²) in [4.78, 5) is 23.0. The quantitative estimate of drug-likeness (QED) is 0.256. The number of ether oxygens (including phenoxy) is 2. The van der Waals surface area contributed by atoms with E-state index in [4.69, 9.17) is 14.5 Å². The third kappa shape index (κ3) is 3.97. The highest BCUT2D eigenvalue weighted by atomic mass is 16.6. The van der Waals surface area contributed by atoms with E-state index < -0.39 is 11.5 Å². The van der Waals surface area contributed by atoms with Crippen molar-refractivity contribution in [2.75, 3.05) is 7.11 Å². The Morgan fingerprint density at radius 1 is 0.868 bits per heavy atom. The highest BCUT2D eigenvalue weighted by Gasteiger charge is 2.55. The number of aryl methyl sites for hydroxylation is 1. The molecule has 5 aromatic rings. The lowest BCUT2D eigenvalue weighted by molar-refractivity contribution is -0.139. The van der Waals surface area contributed by atoms with E-state index in [0.29, 0.717) is 18.1 Å². The van der Waals surface area contributed by atoms with E-state index >= 15 is 0 Å². The summed E-state index contributed by atoms with van der Waals surface area (Å²) in [5.74, 6) is 0.180. The number of methoxy groups -OCH3 is 1. The van der Waals surface area contributed by atoms with Crippen LogP contribution in [0.1, 0.15) is 33.9 Å². The molecule has 0 bridgehead atoms. The van der Waals surface area contributed by atoms with Gasteiger partial charge in [-0.1, -0.05) is 84.9 Å². The number of aliphatic imine (C=N–C) groups is 1. The molecule has 1 N–H and O–H groups in total. The van der Waals surface area contributed by atoms with Crippen LogP contribution < -0.4 is 4.74 Å². The summed E-state index contributed by atoms with van der Waals surface area (Å²) in [6.45, 7) is 2.05. The van der Waals surface area contributed by atoms with Crippen LogP contribution in [0.25, 0.3) is 10.9 Å². The monoisotopic (exact) mass is 500 g/mol. The zero-order valence-electron chi connectivity index (χ0n) is 21.3. The lowest BCUT2D eigenvalue weighted by Crippen LogP contribution is -2.43. The van der Waals surface area contributed by atoms with Gasteiger partial charge in [0.25, 0.3) is 0 Å². The van der Waals surface area contributed by atoms with Crippen LogP contribution in [0.15, 0.2) is 114 Å². The third-order valence-electron chi connectivity index (χ3n) is 7.34. The van der Waals surface area contributed by atoms with Gasteiger partial charge in [0.05, 0.1) is 13.0 Å². The fourth-order valence-corrected chi connectivity index (χ4v) is 5.66. The van der Waals surface area contributed by atoms with Crippen LogP contribution in [-0.4, -0.2) is 29.5 Å². The van der Waals surface area contributed by atoms with Gasteiger partial charge in [0.1, 0.15) is 5.75 Å². The first kappa shape index (κ1) is 23.7. The number of para-hydroxylation sites is 2. The minimum atomic E-state index is -1.27. The lowest BCUT2D eigenvalue weighted by Gasteiger charge is -2.33. The minimum Gasteiger partial charge on any atom is -0.496 e. The standard InChI is InChI=1S/C33H28N2O3/c1-22-29(25-17-9-11-19-27(25)34-22)30(26-18-10-12-20-28(26)37-2)33(21-23-13-5-3-6-14-23)32(36)38-31(35-33)24-15-7-4-8-16-24/h3-20,30,34H,21H2,1-2H3/t30-,33+/m1/s1. The molecule has 0 unspecified atom stereocenters. The Hall–Kier alpha value is -4.64. The van der Waals surface area contributed by atoms with Crippen LogP contribution in [0.5, 0.6) is 5.75 Å². The zero-order chi connectivity index (χ0) is 26.1. The van der Waals surface area contributed by atoms with E-state index in [1.54, 1.807) is 7.11 Å². The van der Waals surface area contributed by atoms with Gasteiger partial charge >= 0.3 is 5.97 Å². The molecule has 188 valence electrons. The van der Waals surface area contributed by atoms with Crippen LogP contribution in [-0.2, 0) is 16.0 Å². The number of aromatic amines is 1. The van der Waals surface area contributed by atoms with Gasteiger partial charge in [0.15, 0.2) is 5.54 Å². The first-order valence-corrected chi connectivity index (χ1v) is 12.7. The first-order chi connectivity index (χ1) is 18.6. The molecule has 1 aliphatic rings. The van der Waals surface area contributed by atoms with E-state index in [1.807, 2.05) is 97.1 Å². The van der Waals surface area contributed by atoms with E-state index in [9.17, 15) is 4.79 Å². The molecule has 1 aromatic heterocycles. The summed E-state index contributed by atoms with van der Waals surface area (Å²) >= 11 is 0.